The van der Waals surface area contributed by atoms with Crippen LogP contribution in [0.25, 0.3) is 10.9 Å². The van der Waals surface area contributed by atoms with Crippen molar-refractivity contribution in [3.8, 4) is 0 Å². The number of aryl methyl sites for hydroxylation is 1. The number of aromatic amines is 1. The Morgan fingerprint density at radius 2 is 2.32 bits per heavy atom. The van der Waals surface area contributed by atoms with Gasteiger partial charge in [-0.05, 0) is 31.4 Å². The summed E-state index contributed by atoms with van der Waals surface area (Å²) in [6, 6.07) is 5.11. The van der Waals surface area contributed by atoms with Crippen molar-refractivity contribution in [2.24, 2.45) is 0 Å². The minimum absolute atomic E-state index is 0.0725. The van der Waals surface area contributed by atoms with E-state index in [4.69, 9.17) is 4.74 Å². The highest BCUT2D eigenvalue weighted by atomic mass is 16.5. The molecule has 1 atom stereocenters. The fourth-order valence-electron chi connectivity index (χ4n) is 2.67. The molecule has 0 radical (unpaired) electrons. The van der Waals surface area contributed by atoms with Crippen LogP contribution in [0.3, 0.4) is 0 Å². The van der Waals surface area contributed by atoms with Crippen molar-refractivity contribution in [1.29, 1.82) is 0 Å². The van der Waals surface area contributed by atoms with E-state index in [0.717, 1.165) is 30.5 Å². The number of fused-ring (bicyclic) bond motifs is 1. The topological polar surface area (TPSA) is 83.2 Å². The maximum absolute atomic E-state index is 12.4. The second-order valence-electron chi connectivity index (χ2n) is 5.50. The van der Waals surface area contributed by atoms with E-state index < -0.39 is 6.03 Å². The highest BCUT2D eigenvalue weighted by Crippen LogP contribution is 2.14. The Hall–Kier alpha value is -2.34. The predicted octanol–water partition coefficient (Wildman–Crippen LogP) is 2.14. The number of urea groups is 1. The molecule has 116 valence electrons. The Bertz CT molecular complexity index is 748. The summed E-state index contributed by atoms with van der Waals surface area (Å²) in [7, 11) is 0. The summed E-state index contributed by atoms with van der Waals surface area (Å²) in [6.45, 7) is 3.13. The zero-order valence-corrected chi connectivity index (χ0v) is 12.4. The smallest absolute Gasteiger partial charge is 0.319 e. The number of rotatable bonds is 3. The molecular formula is C16H19N3O3. The van der Waals surface area contributed by atoms with Crippen LogP contribution in [0, 0.1) is 6.92 Å². The van der Waals surface area contributed by atoms with E-state index in [1.807, 2.05) is 19.1 Å². The zero-order chi connectivity index (χ0) is 15.5. The van der Waals surface area contributed by atoms with Crippen molar-refractivity contribution >= 4 is 22.6 Å². The molecule has 22 heavy (non-hydrogen) atoms. The molecule has 3 N–H and O–H groups in total. The lowest BCUT2D eigenvalue weighted by molar-refractivity contribution is 0.112. The lowest BCUT2D eigenvalue weighted by Gasteiger charge is -2.12. The summed E-state index contributed by atoms with van der Waals surface area (Å²) >= 11 is 0. The van der Waals surface area contributed by atoms with E-state index in [9.17, 15) is 9.59 Å². The first-order chi connectivity index (χ1) is 10.6. The molecule has 1 aromatic heterocycles. The Labute approximate surface area is 127 Å². The Kier molecular flexibility index (Phi) is 4.11. The van der Waals surface area contributed by atoms with Gasteiger partial charge in [-0.25, -0.2) is 4.79 Å². The summed E-state index contributed by atoms with van der Waals surface area (Å²) in [5.74, 6) is 0. The number of pyridine rings is 1. The number of nitrogens with one attached hydrogen (secondary N) is 3. The van der Waals surface area contributed by atoms with Crippen molar-refractivity contribution in [3.05, 3.63) is 40.2 Å². The molecule has 6 heteroatoms. The first-order valence-corrected chi connectivity index (χ1v) is 7.42. The van der Waals surface area contributed by atoms with Gasteiger partial charge in [-0.2, -0.15) is 0 Å². The summed E-state index contributed by atoms with van der Waals surface area (Å²) in [5, 5.41) is 5.89. The molecule has 0 spiro atoms. The molecule has 6 nitrogen and oxygen atoms in total. The number of hydrogen-bond donors (Lipinski definition) is 3. The molecule has 2 amide bonds. The van der Waals surface area contributed by atoms with Crippen molar-refractivity contribution in [2.75, 3.05) is 18.5 Å². The molecular weight excluding hydrogens is 282 g/mol. The van der Waals surface area contributed by atoms with Gasteiger partial charge in [-0.3, -0.25) is 4.79 Å². The minimum atomic E-state index is -0.395. The molecule has 1 saturated heterocycles. The highest BCUT2D eigenvalue weighted by molar-refractivity contribution is 5.92. The third-order valence-corrected chi connectivity index (χ3v) is 3.89. The van der Waals surface area contributed by atoms with E-state index in [0.29, 0.717) is 11.9 Å². The van der Waals surface area contributed by atoms with E-state index in [2.05, 4.69) is 15.6 Å². The van der Waals surface area contributed by atoms with Crippen molar-refractivity contribution < 1.29 is 9.53 Å². The Morgan fingerprint density at radius 1 is 1.45 bits per heavy atom. The third kappa shape index (κ3) is 2.96. The van der Waals surface area contributed by atoms with Gasteiger partial charge in [-0.1, -0.05) is 12.1 Å². The fourth-order valence-corrected chi connectivity index (χ4v) is 2.67. The first-order valence-electron chi connectivity index (χ1n) is 7.42. The summed E-state index contributed by atoms with van der Waals surface area (Å²) in [4.78, 5) is 27.3. The van der Waals surface area contributed by atoms with Gasteiger partial charge < -0.3 is 20.4 Å². The van der Waals surface area contributed by atoms with Crippen LogP contribution in [-0.2, 0) is 4.74 Å². The van der Waals surface area contributed by atoms with Crippen LogP contribution in [-0.4, -0.2) is 30.3 Å². The van der Waals surface area contributed by atoms with E-state index in [-0.39, 0.29) is 17.2 Å². The molecule has 0 aliphatic carbocycles. The fraction of sp³-hybridized carbons (Fsp3) is 0.375. The number of para-hydroxylation sites is 1. The molecule has 1 fully saturated rings. The molecule has 1 aliphatic heterocycles. The van der Waals surface area contributed by atoms with Crippen LogP contribution in [0.15, 0.2) is 29.2 Å². The average molecular weight is 301 g/mol. The van der Waals surface area contributed by atoms with Crippen molar-refractivity contribution in [3.63, 3.8) is 0 Å². The number of carbonyl (C=O) groups is 1. The van der Waals surface area contributed by atoms with Gasteiger partial charge in [0, 0.05) is 24.7 Å². The van der Waals surface area contributed by atoms with Crippen LogP contribution in [0.2, 0.25) is 0 Å². The zero-order valence-electron chi connectivity index (χ0n) is 12.4. The molecule has 0 bridgehead atoms. The highest BCUT2D eigenvalue weighted by Gasteiger charge is 2.16. The van der Waals surface area contributed by atoms with E-state index in [1.54, 1.807) is 6.07 Å². The van der Waals surface area contributed by atoms with Gasteiger partial charge in [0.2, 0.25) is 5.43 Å². The molecule has 2 aromatic rings. The number of carbonyl (C=O) groups excluding carboxylic acids is 1. The van der Waals surface area contributed by atoms with Gasteiger partial charge in [-0.15, -0.1) is 0 Å². The number of amides is 2. The molecule has 1 aromatic carbocycles. The standard InChI is InChI=1S/C16H19N3O3/c1-10-4-2-6-12-14(10)17-9-13(15(12)20)19-16(21)18-8-11-5-3-7-22-11/h2,4,6,9,11H,3,5,7-8H2,1H3,(H,17,20)(H2,18,19,21)/t11-/m0/s1. The van der Waals surface area contributed by atoms with Gasteiger partial charge in [0.15, 0.2) is 0 Å². The summed E-state index contributed by atoms with van der Waals surface area (Å²) < 4.78 is 5.44. The maximum Gasteiger partial charge on any atom is 0.319 e. The molecule has 2 heterocycles. The molecule has 0 saturated carbocycles. The van der Waals surface area contributed by atoms with Crippen molar-refractivity contribution in [2.45, 2.75) is 25.9 Å². The molecule has 0 unspecified atom stereocenters. The number of anilines is 1. The largest absolute Gasteiger partial charge is 0.376 e. The lowest BCUT2D eigenvalue weighted by Crippen LogP contribution is -2.36. The first kappa shape index (κ1) is 14.6. The number of H-pyrrole nitrogens is 1. The number of hydrogen-bond acceptors (Lipinski definition) is 3. The van der Waals surface area contributed by atoms with Gasteiger partial charge in [0.05, 0.1) is 11.6 Å². The molecule has 1 aliphatic rings. The lowest BCUT2D eigenvalue weighted by atomic mass is 10.1. The predicted molar refractivity (Wildman–Crippen MR) is 85.3 cm³/mol. The maximum atomic E-state index is 12.4. The van der Waals surface area contributed by atoms with E-state index in [1.165, 1.54) is 6.20 Å². The number of aromatic nitrogens is 1. The Morgan fingerprint density at radius 3 is 3.09 bits per heavy atom. The van der Waals surface area contributed by atoms with Crippen molar-refractivity contribution in [1.82, 2.24) is 10.3 Å². The van der Waals surface area contributed by atoms with Crippen LogP contribution in [0.1, 0.15) is 18.4 Å². The number of ether oxygens (including phenoxy) is 1. The second kappa shape index (κ2) is 6.19. The Balaban J connectivity index is 1.72. The quantitative estimate of drug-likeness (QED) is 0.812. The summed E-state index contributed by atoms with van der Waals surface area (Å²) in [6.07, 6.45) is 3.58. The van der Waals surface area contributed by atoms with Gasteiger partial charge >= 0.3 is 6.03 Å². The third-order valence-electron chi connectivity index (χ3n) is 3.89. The monoisotopic (exact) mass is 301 g/mol. The van der Waals surface area contributed by atoms with Crippen LogP contribution in [0.4, 0.5) is 10.5 Å². The summed E-state index contributed by atoms with van der Waals surface area (Å²) in [5.41, 5.74) is 1.83. The SMILES string of the molecule is Cc1cccc2c(=O)c(NC(=O)NC[C@@H]3CCCO3)c[nH]c12. The number of benzene rings is 1. The second-order valence-corrected chi connectivity index (χ2v) is 5.50. The van der Waals surface area contributed by atoms with Crippen LogP contribution >= 0.6 is 0 Å². The van der Waals surface area contributed by atoms with Gasteiger partial charge in [0.25, 0.3) is 0 Å². The average Bonchev–Trinajstić information content (AvgIpc) is 3.02. The van der Waals surface area contributed by atoms with E-state index >= 15 is 0 Å². The minimum Gasteiger partial charge on any atom is -0.376 e. The normalized spacial score (nSPS) is 17.6. The van der Waals surface area contributed by atoms with Crippen LogP contribution in [0.5, 0.6) is 0 Å². The van der Waals surface area contributed by atoms with Crippen LogP contribution < -0.4 is 16.1 Å². The van der Waals surface area contributed by atoms with Gasteiger partial charge in [0.1, 0.15) is 5.69 Å². The molecule has 3 rings (SSSR count).